The summed E-state index contributed by atoms with van der Waals surface area (Å²) in [5, 5.41) is 0.771. The second-order valence-corrected chi connectivity index (χ2v) is 10.5. The second kappa shape index (κ2) is 16.5. The maximum Gasteiger partial charge on any atom is 0.0892 e. The lowest BCUT2D eigenvalue weighted by Crippen LogP contribution is -2.10. The van der Waals surface area contributed by atoms with Crippen molar-refractivity contribution in [3.63, 3.8) is 0 Å². The van der Waals surface area contributed by atoms with Gasteiger partial charge in [0.1, 0.15) is 0 Å². The summed E-state index contributed by atoms with van der Waals surface area (Å²) in [6.07, 6.45) is 32.4. The minimum Gasteiger partial charge on any atom is -0.275 e. The van der Waals surface area contributed by atoms with Crippen LogP contribution in [0.5, 0.6) is 0 Å². The highest BCUT2D eigenvalue weighted by Gasteiger charge is 2.16. The number of aliphatic imine (C=N–C) groups is 2. The van der Waals surface area contributed by atoms with E-state index in [9.17, 15) is 0 Å². The fourth-order valence-corrected chi connectivity index (χ4v) is 4.42. The quantitative estimate of drug-likeness (QED) is 0.144. The van der Waals surface area contributed by atoms with E-state index in [-0.39, 0.29) is 6.04 Å². The van der Waals surface area contributed by atoms with Crippen LogP contribution < -0.4 is 0 Å². The van der Waals surface area contributed by atoms with Gasteiger partial charge in [-0.05, 0) is 81.7 Å². The average Bonchev–Trinajstić information content (AvgIpc) is 3.17. The fraction of sp³-hybridized carbons (Fsp3) is 0.278. The van der Waals surface area contributed by atoms with Gasteiger partial charge in [0.15, 0.2) is 0 Å². The lowest BCUT2D eigenvalue weighted by Gasteiger charge is -2.17. The van der Waals surface area contributed by atoms with Gasteiger partial charge in [0, 0.05) is 17.2 Å². The summed E-state index contributed by atoms with van der Waals surface area (Å²) in [5.41, 5.74) is 6.72. The molecular weight excluding hydrogens is 496 g/mol. The van der Waals surface area contributed by atoms with E-state index in [1.807, 2.05) is 38.3 Å². The Morgan fingerprint density at radius 1 is 1.10 bits per heavy atom. The SMILES string of the molecule is C=C(/C=C\C=C(/C)Cl)CCC/C=C\C=C(/C)C1=CC(C2=CCC(c3ccccc3)C=C2)=NC(C/C=C\C)C=N1. The van der Waals surface area contributed by atoms with Crippen molar-refractivity contribution in [3.05, 3.63) is 143 Å². The number of allylic oxidation sites excluding steroid dienone is 15. The number of nitrogens with zero attached hydrogens (tertiary/aromatic N) is 2. The van der Waals surface area contributed by atoms with E-state index >= 15 is 0 Å². The van der Waals surface area contributed by atoms with Crippen LogP contribution in [0.15, 0.2) is 147 Å². The molecule has 0 saturated carbocycles. The van der Waals surface area contributed by atoms with E-state index < -0.39 is 0 Å². The van der Waals surface area contributed by atoms with Crippen molar-refractivity contribution in [1.29, 1.82) is 0 Å². The van der Waals surface area contributed by atoms with E-state index in [0.717, 1.165) is 59.7 Å². The van der Waals surface area contributed by atoms with Gasteiger partial charge in [-0.1, -0.05) is 115 Å². The zero-order valence-corrected chi connectivity index (χ0v) is 24.3. The van der Waals surface area contributed by atoms with Crippen LogP contribution in [-0.4, -0.2) is 18.0 Å². The van der Waals surface area contributed by atoms with Gasteiger partial charge in [0.05, 0.1) is 17.5 Å². The molecule has 1 heterocycles. The summed E-state index contributed by atoms with van der Waals surface area (Å²) >= 11 is 5.85. The highest BCUT2D eigenvalue weighted by molar-refractivity contribution is 6.29. The Balaban J connectivity index is 1.66. The lowest BCUT2D eigenvalue weighted by atomic mass is 9.89. The molecule has 2 aliphatic rings. The maximum absolute atomic E-state index is 5.85. The van der Waals surface area contributed by atoms with E-state index in [1.54, 1.807) is 0 Å². The van der Waals surface area contributed by atoms with Crippen LogP contribution in [0.2, 0.25) is 0 Å². The molecule has 0 fully saturated rings. The third-order valence-corrected chi connectivity index (χ3v) is 6.74. The highest BCUT2D eigenvalue weighted by Crippen LogP contribution is 2.28. The minimum absolute atomic E-state index is 0.0282. The summed E-state index contributed by atoms with van der Waals surface area (Å²) in [6, 6.07) is 10.7. The number of benzene rings is 1. The number of hydrogen-bond donors (Lipinski definition) is 0. The molecule has 39 heavy (non-hydrogen) atoms. The average molecular weight is 537 g/mol. The topological polar surface area (TPSA) is 24.7 Å². The fourth-order valence-electron chi connectivity index (χ4n) is 4.34. The standard InChI is InChI=1S/C36H41ClN2/c1-5-6-21-34-27-38-35(29(3)17-11-8-7-10-15-28(2)16-14-18-30(4)37)26-36(39-34)33-24-22-32(23-25-33)31-19-12-9-13-20-31/h5-6,8-9,11-14,16-20,22,24-27,32,34H,2,7,10,15,21,23H2,1,3-4H3/b6-5-,11-8-,16-14-,29-17+,30-18+. The van der Waals surface area contributed by atoms with E-state index in [4.69, 9.17) is 21.6 Å². The number of unbranched alkanes of at least 4 members (excludes halogenated alkanes) is 1. The summed E-state index contributed by atoms with van der Waals surface area (Å²) in [5.74, 6) is 0.409. The van der Waals surface area contributed by atoms with E-state index in [0.29, 0.717) is 5.92 Å². The van der Waals surface area contributed by atoms with Gasteiger partial charge in [0.2, 0.25) is 0 Å². The van der Waals surface area contributed by atoms with Crippen LogP contribution in [-0.2, 0) is 0 Å². The predicted octanol–water partition coefficient (Wildman–Crippen LogP) is 10.3. The summed E-state index contributed by atoms with van der Waals surface area (Å²) in [4.78, 5) is 9.93. The number of halogens is 1. The first kappa shape index (κ1) is 30.1. The minimum atomic E-state index is 0.0282. The molecular formula is C36H41ClN2. The van der Waals surface area contributed by atoms with Crippen LogP contribution in [0.25, 0.3) is 0 Å². The Bertz CT molecular complexity index is 1270. The van der Waals surface area contributed by atoms with Crippen molar-refractivity contribution in [2.75, 3.05) is 0 Å². The van der Waals surface area contributed by atoms with Gasteiger partial charge < -0.3 is 0 Å². The van der Waals surface area contributed by atoms with Gasteiger partial charge >= 0.3 is 0 Å². The molecule has 1 aliphatic heterocycles. The molecule has 0 spiro atoms. The molecule has 1 aliphatic carbocycles. The maximum atomic E-state index is 5.85. The molecule has 2 atom stereocenters. The largest absolute Gasteiger partial charge is 0.275 e. The third-order valence-electron chi connectivity index (χ3n) is 6.61. The predicted molar refractivity (Wildman–Crippen MR) is 173 cm³/mol. The summed E-state index contributed by atoms with van der Waals surface area (Å²) in [6.45, 7) is 10.1. The molecule has 0 N–H and O–H groups in total. The Labute approximate surface area is 240 Å². The number of hydrogen-bond acceptors (Lipinski definition) is 2. The van der Waals surface area contributed by atoms with Crippen LogP contribution in [0.4, 0.5) is 0 Å². The van der Waals surface area contributed by atoms with Crippen LogP contribution in [0.3, 0.4) is 0 Å². The molecule has 0 aromatic heterocycles. The van der Waals surface area contributed by atoms with Gasteiger partial charge in [-0.25, -0.2) is 0 Å². The highest BCUT2D eigenvalue weighted by atomic mass is 35.5. The molecule has 202 valence electrons. The van der Waals surface area contributed by atoms with Crippen molar-refractivity contribution in [1.82, 2.24) is 0 Å². The molecule has 0 amide bonds. The van der Waals surface area contributed by atoms with Crippen molar-refractivity contribution in [2.24, 2.45) is 9.98 Å². The molecule has 1 aromatic rings. The summed E-state index contributed by atoms with van der Waals surface area (Å²) < 4.78 is 0. The van der Waals surface area contributed by atoms with Crippen molar-refractivity contribution in [2.45, 2.75) is 64.8 Å². The van der Waals surface area contributed by atoms with Crippen molar-refractivity contribution in [3.8, 4) is 0 Å². The van der Waals surface area contributed by atoms with Gasteiger partial charge in [-0.2, -0.15) is 0 Å². The van der Waals surface area contributed by atoms with Gasteiger partial charge in [-0.15, -0.1) is 0 Å². The van der Waals surface area contributed by atoms with E-state index in [1.165, 1.54) is 11.1 Å². The monoisotopic (exact) mass is 536 g/mol. The Morgan fingerprint density at radius 2 is 1.92 bits per heavy atom. The van der Waals surface area contributed by atoms with Crippen molar-refractivity contribution < 1.29 is 0 Å². The Kier molecular flexibility index (Phi) is 12.7. The first-order valence-electron chi connectivity index (χ1n) is 13.9. The zero-order chi connectivity index (χ0) is 27.9. The normalized spacial score (nSPS) is 20.5. The lowest BCUT2D eigenvalue weighted by molar-refractivity contribution is 0.848. The molecule has 2 nitrogen and oxygen atoms in total. The Morgan fingerprint density at radius 3 is 2.64 bits per heavy atom. The van der Waals surface area contributed by atoms with Crippen molar-refractivity contribution >= 4 is 23.5 Å². The number of rotatable bonds is 12. The smallest absolute Gasteiger partial charge is 0.0892 e. The van der Waals surface area contributed by atoms with Crippen LogP contribution >= 0.6 is 11.6 Å². The van der Waals surface area contributed by atoms with E-state index in [2.05, 4.69) is 98.5 Å². The molecule has 1 aromatic carbocycles. The van der Waals surface area contributed by atoms with Gasteiger partial charge in [-0.3, -0.25) is 9.98 Å². The third kappa shape index (κ3) is 10.7. The second-order valence-electron chi connectivity index (χ2n) is 9.91. The first-order valence-corrected chi connectivity index (χ1v) is 14.2. The first-order chi connectivity index (χ1) is 19.0. The van der Waals surface area contributed by atoms with Crippen LogP contribution in [0, 0.1) is 0 Å². The Hall–Kier alpha value is -3.49. The zero-order valence-electron chi connectivity index (χ0n) is 23.6. The molecule has 2 unspecified atom stereocenters. The molecule has 3 heteroatoms. The van der Waals surface area contributed by atoms with Gasteiger partial charge in [0.25, 0.3) is 0 Å². The van der Waals surface area contributed by atoms with Crippen LogP contribution in [0.1, 0.15) is 64.4 Å². The molecule has 0 radical (unpaired) electrons. The molecule has 0 bridgehead atoms. The molecule has 3 rings (SSSR count). The molecule has 0 saturated heterocycles. The summed E-state index contributed by atoms with van der Waals surface area (Å²) in [7, 11) is 0.